The number of rotatable bonds is 3. The highest BCUT2D eigenvalue weighted by Gasteiger charge is 2.30. The topological polar surface area (TPSA) is 68.0 Å². The predicted molar refractivity (Wildman–Crippen MR) is 82.2 cm³/mol. The molecule has 0 unspecified atom stereocenters. The maximum absolute atomic E-state index is 11.5. The number of carboxylic acid groups (broad SMARTS) is 1. The third-order valence-electron chi connectivity index (χ3n) is 3.74. The first kappa shape index (κ1) is 14.5. The Morgan fingerprint density at radius 2 is 2.10 bits per heavy atom. The van der Waals surface area contributed by atoms with E-state index in [1.807, 2.05) is 6.07 Å². The summed E-state index contributed by atoms with van der Waals surface area (Å²) in [5.41, 5.74) is 0.683. The highest BCUT2D eigenvalue weighted by atomic mass is 79.9. The second-order valence-corrected chi connectivity index (χ2v) is 6.36. The number of nitrogens with zero attached hydrogens (tertiary/aromatic N) is 3. The Morgan fingerprint density at radius 3 is 2.67 bits per heavy atom. The van der Waals surface area contributed by atoms with Crippen LogP contribution in [0.15, 0.2) is 22.8 Å². The maximum atomic E-state index is 11.5. The Morgan fingerprint density at radius 1 is 1.38 bits per heavy atom. The van der Waals surface area contributed by atoms with Gasteiger partial charge in [0.05, 0.1) is 5.69 Å². The van der Waals surface area contributed by atoms with Crippen LogP contribution in [0.3, 0.4) is 0 Å². The van der Waals surface area contributed by atoms with Gasteiger partial charge < -0.3 is 5.11 Å². The fourth-order valence-corrected chi connectivity index (χ4v) is 3.28. The lowest BCUT2D eigenvalue weighted by Crippen LogP contribution is -2.04. The van der Waals surface area contributed by atoms with Gasteiger partial charge in [-0.15, -0.1) is 0 Å². The Balaban J connectivity index is 2.11. The van der Waals surface area contributed by atoms with Crippen LogP contribution in [0.4, 0.5) is 0 Å². The Bertz CT molecular complexity index is 678. The van der Waals surface area contributed by atoms with Crippen LogP contribution in [0.5, 0.6) is 0 Å². The van der Waals surface area contributed by atoms with Gasteiger partial charge in [0.15, 0.2) is 5.82 Å². The number of halogens is 2. The largest absolute Gasteiger partial charge is 0.478 e. The van der Waals surface area contributed by atoms with Crippen molar-refractivity contribution in [1.29, 1.82) is 0 Å². The summed E-state index contributed by atoms with van der Waals surface area (Å²) in [5.74, 6) is -0.356. The first-order valence-corrected chi connectivity index (χ1v) is 7.88. The molecular weight excluding hydrogens is 358 g/mol. The quantitative estimate of drug-likeness (QED) is 0.885. The van der Waals surface area contributed by atoms with Crippen molar-refractivity contribution in [3.63, 3.8) is 0 Å². The molecule has 3 rings (SSSR count). The average Bonchev–Trinajstić information content (AvgIpc) is 3.07. The van der Waals surface area contributed by atoms with Crippen molar-refractivity contribution in [2.45, 2.75) is 31.6 Å². The van der Waals surface area contributed by atoms with Crippen molar-refractivity contribution in [2.75, 3.05) is 0 Å². The van der Waals surface area contributed by atoms with E-state index in [1.165, 1.54) is 4.68 Å². The molecule has 5 nitrogen and oxygen atoms in total. The van der Waals surface area contributed by atoms with E-state index in [0.29, 0.717) is 11.5 Å². The van der Waals surface area contributed by atoms with Crippen molar-refractivity contribution < 1.29 is 9.90 Å². The third kappa shape index (κ3) is 2.70. The van der Waals surface area contributed by atoms with Crippen molar-refractivity contribution in [2.24, 2.45) is 0 Å². The van der Waals surface area contributed by atoms with Crippen LogP contribution in [0.1, 0.15) is 47.7 Å². The lowest BCUT2D eigenvalue weighted by Gasteiger charge is -2.05. The van der Waals surface area contributed by atoms with Gasteiger partial charge in [0.2, 0.25) is 0 Å². The molecule has 0 atom stereocenters. The van der Waals surface area contributed by atoms with Crippen LogP contribution < -0.4 is 0 Å². The molecule has 1 aliphatic rings. The number of carboxylic acids is 1. The molecule has 0 radical (unpaired) electrons. The van der Waals surface area contributed by atoms with Crippen molar-refractivity contribution >= 4 is 33.5 Å². The minimum Gasteiger partial charge on any atom is -0.478 e. The van der Waals surface area contributed by atoms with Crippen molar-refractivity contribution in [3.8, 4) is 5.82 Å². The first-order valence-electron chi connectivity index (χ1n) is 6.71. The zero-order chi connectivity index (χ0) is 15.0. The highest BCUT2D eigenvalue weighted by molar-refractivity contribution is 9.10. The van der Waals surface area contributed by atoms with Gasteiger partial charge in [0.25, 0.3) is 0 Å². The molecular formula is C14H13BrClN3O2. The monoisotopic (exact) mass is 369 g/mol. The second kappa shape index (κ2) is 5.77. The molecule has 21 heavy (non-hydrogen) atoms. The third-order valence-corrected chi connectivity index (χ3v) is 4.56. The number of hydrogen-bond acceptors (Lipinski definition) is 3. The van der Waals surface area contributed by atoms with Crippen molar-refractivity contribution in [1.82, 2.24) is 14.8 Å². The highest BCUT2D eigenvalue weighted by Crippen LogP contribution is 2.37. The smallest absolute Gasteiger partial charge is 0.340 e. The normalized spacial score (nSPS) is 15.5. The predicted octanol–water partition coefficient (Wildman–Crippen LogP) is 4.04. The van der Waals surface area contributed by atoms with Gasteiger partial charge in [-0.25, -0.2) is 14.5 Å². The van der Waals surface area contributed by atoms with Gasteiger partial charge >= 0.3 is 5.97 Å². The van der Waals surface area contributed by atoms with E-state index in [4.69, 9.17) is 11.6 Å². The fraction of sp³-hybridized carbons (Fsp3) is 0.357. The first-order chi connectivity index (χ1) is 10.1. The summed E-state index contributed by atoms with van der Waals surface area (Å²) in [6.45, 7) is 0. The molecule has 7 heteroatoms. The summed E-state index contributed by atoms with van der Waals surface area (Å²) in [4.78, 5) is 15.8. The van der Waals surface area contributed by atoms with Gasteiger partial charge in [-0.3, -0.25) is 0 Å². The van der Waals surface area contributed by atoms with Gasteiger partial charge in [-0.1, -0.05) is 24.4 Å². The number of aromatic nitrogens is 3. The van der Waals surface area contributed by atoms with E-state index in [-0.39, 0.29) is 16.6 Å². The van der Waals surface area contributed by atoms with E-state index in [1.54, 1.807) is 12.3 Å². The molecule has 2 aromatic heterocycles. The van der Waals surface area contributed by atoms with Crippen LogP contribution in [0.2, 0.25) is 5.15 Å². The molecule has 0 saturated heterocycles. The Hall–Kier alpha value is -1.40. The summed E-state index contributed by atoms with van der Waals surface area (Å²) in [7, 11) is 0. The minimum atomic E-state index is -1.04. The molecule has 0 bridgehead atoms. The summed E-state index contributed by atoms with van der Waals surface area (Å²) in [5, 5.41) is 14.0. The van der Waals surface area contributed by atoms with Gasteiger partial charge in [0, 0.05) is 16.6 Å². The average molecular weight is 371 g/mol. The molecule has 110 valence electrons. The molecule has 0 amide bonds. The SMILES string of the molecule is O=C(O)c1c(C2CCCC2)nn(-c2ccc(Br)cn2)c1Cl. The van der Waals surface area contributed by atoms with Gasteiger partial charge in [-0.2, -0.15) is 5.10 Å². The van der Waals surface area contributed by atoms with E-state index in [0.717, 1.165) is 30.2 Å². The van der Waals surface area contributed by atoms with Gasteiger partial charge in [0.1, 0.15) is 10.7 Å². The summed E-state index contributed by atoms with van der Waals surface area (Å²) >= 11 is 9.56. The molecule has 0 aromatic carbocycles. The standard InChI is InChI=1S/C14H13BrClN3O2/c15-9-5-6-10(17-7-9)19-13(16)11(14(20)21)12(18-19)8-3-1-2-4-8/h5-8H,1-4H2,(H,20,21). The summed E-state index contributed by atoms with van der Waals surface area (Å²) < 4.78 is 2.24. The van der Waals surface area contributed by atoms with Crippen LogP contribution in [-0.4, -0.2) is 25.8 Å². The van der Waals surface area contributed by atoms with E-state index in [2.05, 4.69) is 26.0 Å². The van der Waals surface area contributed by atoms with Crippen LogP contribution in [0.25, 0.3) is 5.82 Å². The number of carbonyl (C=O) groups is 1. The van der Waals surface area contributed by atoms with E-state index >= 15 is 0 Å². The molecule has 0 spiro atoms. The van der Waals surface area contributed by atoms with Crippen LogP contribution in [-0.2, 0) is 0 Å². The van der Waals surface area contributed by atoms with Crippen LogP contribution in [0, 0.1) is 0 Å². The molecule has 1 N–H and O–H groups in total. The molecule has 1 aliphatic carbocycles. The lowest BCUT2D eigenvalue weighted by molar-refractivity contribution is 0.0695. The molecule has 1 fully saturated rings. The minimum absolute atomic E-state index is 0.105. The van der Waals surface area contributed by atoms with Crippen LogP contribution >= 0.6 is 27.5 Å². The molecule has 1 saturated carbocycles. The molecule has 2 aromatic rings. The number of pyridine rings is 1. The molecule has 2 heterocycles. The molecule has 0 aliphatic heterocycles. The Kier molecular flexibility index (Phi) is 3.99. The van der Waals surface area contributed by atoms with E-state index < -0.39 is 5.97 Å². The fourth-order valence-electron chi connectivity index (χ4n) is 2.74. The maximum Gasteiger partial charge on any atom is 0.340 e. The number of aromatic carboxylic acids is 1. The lowest BCUT2D eigenvalue weighted by atomic mass is 10.0. The summed E-state index contributed by atoms with van der Waals surface area (Å²) in [6.07, 6.45) is 5.75. The number of hydrogen-bond donors (Lipinski definition) is 1. The van der Waals surface area contributed by atoms with Gasteiger partial charge in [-0.05, 0) is 40.9 Å². The zero-order valence-corrected chi connectivity index (χ0v) is 13.4. The van der Waals surface area contributed by atoms with Crippen molar-refractivity contribution in [3.05, 3.63) is 39.2 Å². The Labute approximate surface area is 135 Å². The van der Waals surface area contributed by atoms with E-state index in [9.17, 15) is 9.90 Å². The second-order valence-electron chi connectivity index (χ2n) is 5.08. The summed E-state index contributed by atoms with van der Waals surface area (Å²) in [6, 6.07) is 3.56. The zero-order valence-electron chi connectivity index (χ0n) is 11.1.